The van der Waals surface area contributed by atoms with Crippen LogP contribution in [-0.2, 0) is 6.54 Å². The maximum atomic E-state index is 10.4. The molecule has 2 aromatic heterocycles. The molecule has 0 saturated carbocycles. The first-order valence-electron chi connectivity index (χ1n) is 4.98. The minimum atomic E-state index is -0.626. The van der Waals surface area contributed by atoms with Crippen LogP contribution in [0.15, 0.2) is 21.1 Å². The lowest BCUT2D eigenvalue weighted by Crippen LogP contribution is -2.12. The summed E-state index contributed by atoms with van der Waals surface area (Å²) in [6.07, 6.45) is 0. The molecule has 1 N–H and O–H groups in total. The Labute approximate surface area is 95.8 Å². The summed E-state index contributed by atoms with van der Waals surface area (Å²) in [6.45, 7) is 3.22. The lowest BCUT2D eigenvalue weighted by atomic mass is 10.4. The lowest BCUT2D eigenvalue weighted by molar-refractivity contribution is -0.401. The number of furan rings is 1. The predicted octanol–water partition coefficient (Wildman–Crippen LogP) is 1.35. The molecule has 0 bridgehead atoms. The van der Waals surface area contributed by atoms with E-state index >= 15 is 0 Å². The second-order valence-corrected chi connectivity index (χ2v) is 3.19. The molecule has 0 spiro atoms. The molecule has 0 saturated heterocycles. The summed E-state index contributed by atoms with van der Waals surface area (Å²) in [5, 5.41) is 17.2. The van der Waals surface area contributed by atoms with Crippen molar-refractivity contribution in [1.82, 2.24) is 15.5 Å². The highest BCUT2D eigenvalue weighted by Crippen LogP contribution is 2.24. The highest BCUT2D eigenvalue weighted by atomic mass is 16.6. The van der Waals surface area contributed by atoms with Gasteiger partial charge in [0.2, 0.25) is 0 Å². The molecule has 2 rings (SSSR count). The summed E-state index contributed by atoms with van der Waals surface area (Å²) in [5.74, 6) is 0.435. The number of hydrogen-bond acceptors (Lipinski definition) is 7. The van der Waals surface area contributed by atoms with Gasteiger partial charge in [0.25, 0.3) is 5.89 Å². The SMILES string of the molecule is CCNCc1noc(-c2ccc([N+](=O)[O-])o2)n1. The van der Waals surface area contributed by atoms with Crippen molar-refractivity contribution in [3.8, 4) is 11.7 Å². The number of nitrogens with one attached hydrogen (secondary N) is 1. The fourth-order valence-corrected chi connectivity index (χ4v) is 1.20. The molecule has 0 unspecified atom stereocenters. The summed E-state index contributed by atoms with van der Waals surface area (Å²) in [7, 11) is 0. The standard InChI is InChI=1S/C9H10N4O4/c1-2-10-5-7-11-9(17-12-7)6-3-4-8(16-6)13(14)15/h3-4,10H,2,5H2,1H3. The van der Waals surface area contributed by atoms with Gasteiger partial charge in [-0.25, -0.2) is 0 Å². The second-order valence-electron chi connectivity index (χ2n) is 3.19. The summed E-state index contributed by atoms with van der Waals surface area (Å²) in [4.78, 5) is 13.8. The third-order valence-electron chi connectivity index (χ3n) is 1.98. The molecular formula is C9H10N4O4. The van der Waals surface area contributed by atoms with E-state index in [9.17, 15) is 10.1 Å². The first kappa shape index (κ1) is 11.3. The molecule has 0 amide bonds. The van der Waals surface area contributed by atoms with Crippen molar-refractivity contribution in [3.05, 3.63) is 28.1 Å². The van der Waals surface area contributed by atoms with Crippen molar-refractivity contribution < 1.29 is 13.9 Å². The van der Waals surface area contributed by atoms with Gasteiger partial charge in [-0.15, -0.1) is 0 Å². The number of nitro groups is 1. The Morgan fingerprint density at radius 1 is 1.53 bits per heavy atom. The van der Waals surface area contributed by atoms with E-state index in [0.717, 1.165) is 6.54 Å². The average molecular weight is 238 g/mol. The Hall–Kier alpha value is -2.22. The Bertz CT molecular complexity index is 519. The highest BCUT2D eigenvalue weighted by Gasteiger charge is 2.17. The molecule has 0 aromatic carbocycles. The first-order valence-corrected chi connectivity index (χ1v) is 4.98. The van der Waals surface area contributed by atoms with Gasteiger partial charge in [0, 0.05) is 0 Å². The number of hydrogen-bond donors (Lipinski definition) is 1. The van der Waals surface area contributed by atoms with Gasteiger partial charge in [0.05, 0.1) is 12.6 Å². The molecule has 8 nitrogen and oxygen atoms in total. The molecule has 90 valence electrons. The van der Waals surface area contributed by atoms with E-state index in [1.807, 2.05) is 6.92 Å². The minimum Gasteiger partial charge on any atom is -0.395 e. The zero-order chi connectivity index (χ0) is 12.3. The van der Waals surface area contributed by atoms with Crippen LogP contribution in [0.2, 0.25) is 0 Å². The van der Waals surface area contributed by atoms with E-state index in [1.165, 1.54) is 12.1 Å². The molecule has 0 atom stereocenters. The smallest absolute Gasteiger partial charge is 0.395 e. The van der Waals surface area contributed by atoms with Crippen molar-refractivity contribution in [1.29, 1.82) is 0 Å². The number of rotatable bonds is 5. The van der Waals surface area contributed by atoms with Crippen LogP contribution in [0, 0.1) is 10.1 Å². The summed E-state index contributed by atoms with van der Waals surface area (Å²) >= 11 is 0. The Morgan fingerprint density at radius 3 is 3.00 bits per heavy atom. The topological polar surface area (TPSA) is 107 Å². The molecule has 8 heteroatoms. The number of aromatic nitrogens is 2. The summed E-state index contributed by atoms with van der Waals surface area (Å²) in [6, 6.07) is 2.66. The summed E-state index contributed by atoms with van der Waals surface area (Å²) < 4.78 is 9.86. The van der Waals surface area contributed by atoms with Crippen molar-refractivity contribution in [2.75, 3.05) is 6.54 Å². The largest absolute Gasteiger partial charge is 0.433 e. The van der Waals surface area contributed by atoms with Crippen LogP contribution in [-0.4, -0.2) is 21.6 Å². The van der Waals surface area contributed by atoms with Crippen LogP contribution in [0.1, 0.15) is 12.7 Å². The zero-order valence-electron chi connectivity index (χ0n) is 9.04. The van der Waals surface area contributed by atoms with Gasteiger partial charge >= 0.3 is 5.88 Å². The maximum Gasteiger partial charge on any atom is 0.433 e. The first-order chi connectivity index (χ1) is 8.20. The van der Waals surface area contributed by atoms with E-state index in [4.69, 9.17) is 8.94 Å². The molecule has 0 aliphatic heterocycles. The van der Waals surface area contributed by atoms with Crippen molar-refractivity contribution in [3.63, 3.8) is 0 Å². The Kier molecular flexibility index (Phi) is 3.15. The van der Waals surface area contributed by atoms with E-state index in [1.54, 1.807) is 0 Å². The van der Waals surface area contributed by atoms with Crippen LogP contribution in [0.3, 0.4) is 0 Å². The van der Waals surface area contributed by atoms with Gasteiger partial charge < -0.3 is 14.3 Å². The maximum absolute atomic E-state index is 10.4. The fourth-order valence-electron chi connectivity index (χ4n) is 1.20. The second kappa shape index (κ2) is 4.74. The van der Waals surface area contributed by atoms with E-state index in [0.29, 0.717) is 12.4 Å². The van der Waals surface area contributed by atoms with E-state index in [2.05, 4.69) is 15.5 Å². The van der Waals surface area contributed by atoms with Crippen LogP contribution >= 0.6 is 0 Å². The van der Waals surface area contributed by atoms with Gasteiger partial charge in [-0.1, -0.05) is 12.1 Å². The van der Waals surface area contributed by atoms with Crippen LogP contribution in [0.5, 0.6) is 0 Å². The van der Waals surface area contributed by atoms with Crippen LogP contribution < -0.4 is 5.32 Å². The van der Waals surface area contributed by atoms with Crippen molar-refractivity contribution in [2.24, 2.45) is 0 Å². The minimum absolute atomic E-state index is 0.131. The van der Waals surface area contributed by atoms with Gasteiger partial charge in [-0.3, -0.25) is 10.1 Å². The highest BCUT2D eigenvalue weighted by molar-refractivity contribution is 5.46. The monoisotopic (exact) mass is 238 g/mol. The van der Waals surface area contributed by atoms with Crippen LogP contribution in [0.4, 0.5) is 5.88 Å². The Morgan fingerprint density at radius 2 is 2.35 bits per heavy atom. The molecule has 0 radical (unpaired) electrons. The van der Waals surface area contributed by atoms with Crippen LogP contribution in [0.25, 0.3) is 11.7 Å². The molecule has 2 aromatic rings. The van der Waals surface area contributed by atoms with Crippen molar-refractivity contribution >= 4 is 5.88 Å². The molecule has 2 heterocycles. The van der Waals surface area contributed by atoms with Crippen molar-refractivity contribution in [2.45, 2.75) is 13.5 Å². The predicted molar refractivity (Wildman–Crippen MR) is 56.0 cm³/mol. The Balaban J connectivity index is 2.15. The fraction of sp³-hybridized carbons (Fsp3) is 0.333. The molecular weight excluding hydrogens is 228 g/mol. The normalized spacial score (nSPS) is 10.6. The molecule has 0 aliphatic rings. The van der Waals surface area contributed by atoms with E-state index < -0.39 is 4.92 Å². The van der Waals surface area contributed by atoms with Gasteiger partial charge in [-0.2, -0.15) is 4.98 Å². The van der Waals surface area contributed by atoms with Gasteiger partial charge in [0.15, 0.2) is 11.6 Å². The number of nitrogens with zero attached hydrogens (tertiary/aromatic N) is 3. The van der Waals surface area contributed by atoms with Gasteiger partial charge in [-0.05, 0) is 12.6 Å². The summed E-state index contributed by atoms with van der Waals surface area (Å²) in [5.41, 5.74) is 0. The molecule has 0 aliphatic carbocycles. The van der Waals surface area contributed by atoms with Gasteiger partial charge in [0.1, 0.15) is 4.92 Å². The van der Waals surface area contributed by atoms with E-state index in [-0.39, 0.29) is 17.5 Å². The lowest BCUT2D eigenvalue weighted by Gasteiger charge is -1.91. The average Bonchev–Trinajstić information content (AvgIpc) is 2.94. The molecule has 17 heavy (non-hydrogen) atoms. The third kappa shape index (κ3) is 2.48. The molecule has 0 fully saturated rings. The zero-order valence-corrected chi connectivity index (χ0v) is 9.04. The quantitative estimate of drug-likeness (QED) is 0.618. The third-order valence-corrected chi connectivity index (χ3v) is 1.98.